The molecule has 0 bridgehead atoms. The van der Waals surface area contributed by atoms with E-state index in [1.54, 1.807) is 0 Å². The Morgan fingerprint density at radius 2 is 1.95 bits per heavy atom. The summed E-state index contributed by atoms with van der Waals surface area (Å²) in [7, 11) is 0. The summed E-state index contributed by atoms with van der Waals surface area (Å²) in [6.07, 6.45) is -3.11. The zero-order chi connectivity index (χ0) is 14.8. The summed E-state index contributed by atoms with van der Waals surface area (Å²) in [5.74, 6) is -1.23. The first kappa shape index (κ1) is 13.9. The van der Waals surface area contributed by atoms with Gasteiger partial charge in [-0.2, -0.15) is 13.2 Å². The number of carboxylic acid groups (broad SMARTS) is 1. The second-order valence-electron chi connectivity index (χ2n) is 3.91. The zero-order valence-corrected chi connectivity index (χ0v) is 9.98. The number of alkyl halides is 3. The highest BCUT2D eigenvalue weighted by Gasteiger charge is 2.30. The van der Waals surface area contributed by atoms with E-state index in [4.69, 9.17) is 5.11 Å². The van der Waals surface area contributed by atoms with Crippen LogP contribution in [0.3, 0.4) is 0 Å². The van der Waals surface area contributed by atoms with Crippen LogP contribution in [0.4, 0.5) is 24.7 Å². The molecule has 0 fully saturated rings. The van der Waals surface area contributed by atoms with Crippen molar-refractivity contribution >= 4 is 17.5 Å². The number of nitrogens with zero attached hydrogens (tertiary/aromatic N) is 1. The van der Waals surface area contributed by atoms with Crippen molar-refractivity contribution in [2.75, 3.05) is 5.32 Å². The fourth-order valence-corrected chi connectivity index (χ4v) is 1.59. The minimum Gasteiger partial charge on any atom is -0.478 e. The van der Waals surface area contributed by atoms with E-state index in [0.29, 0.717) is 0 Å². The fourth-order valence-electron chi connectivity index (χ4n) is 1.59. The monoisotopic (exact) mass is 288 g/mol. The molecule has 4 nitrogen and oxygen atoms in total. The van der Waals surface area contributed by atoms with E-state index in [2.05, 4.69) is 10.3 Å². The number of rotatable bonds is 3. The highest BCUT2D eigenvalue weighted by Crippen LogP contribution is 2.31. The van der Waals surface area contributed by atoms with Gasteiger partial charge in [0.25, 0.3) is 0 Å². The molecule has 1 aromatic heterocycles. The summed E-state index contributed by atoms with van der Waals surface area (Å²) in [4.78, 5) is 14.8. The molecule has 0 unspecified atom stereocenters. The molecule has 0 aliphatic heterocycles. The zero-order valence-electron chi connectivity index (χ0n) is 9.98. The van der Waals surface area contributed by atoms with Gasteiger partial charge < -0.3 is 10.4 Å². The van der Waals surface area contributed by atoms with Crippen LogP contribution in [0.25, 0.3) is 0 Å². The van der Waals surface area contributed by atoms with Gasteiger partial charge in [-0.15, -0.1) is 0 Å². The number of pyridine rings is 1. The summed E-state index contributed by atoms with van der Waals surface area (Å²) >= 11 is 0. The van der Waals surface area contributed by atoms with Crippen molar-refractivity contribution in [3.05, 3.63) is 53.7 Å². The molecule has 1 aromatic carbocycles. The van der Waals surface area contributed by atoms with E-state index in [0.717, 1.165) is 12.1 Å². The minimum atomic E-state index is -4.46. The third-order valence-corrected chi connectivity index (χ3v) is 2.49. The predicted octanol–water partition coefficient (Wildman–Crippen LogP) is 3.54. The van der Waals surface area contributed by atoms with Crippen molar-refractivity contribution in [2.45, 2.75) is 6.18 Å². The van der Waals surface area contributed by atoms with Crippen molar-refractivity contribution in [1.82, 2.24) is 4.98 Å². The normalized spacial score (nSPS) is 11.2. The number of nitrogens with one attached hydrogen (secondary N) is 1. The number of halogens is 3. The lowest BCUT2D eigenvalue weighted by molar-refractivity contribution is -0.137. The van der Waals surface area contributed by atoms with E-state index in [1.807, 2.05) is 0 Å². The third-order valence-electron chi connectivity index (χ3n) is 2.49. The van der Waals surface area contributed by atoms with Gasteiger partial charge >= 0.3 is 12.1 Å². The molecule has 0 amide bonds. The average Bonchev–Trinajstić information content (AvgIpc) is 2.38. The van der Waals surface area contributed by atoms with Crippen molar-refractivity contribution in [1.29, 1.82) is 0 Å². The largest absolute Gasteiger partial charge is 0.478 e. The van der Waals surface area contributed by atoms with Crippen LogP contribution in [0.5, 0.6) is 0 Å². The van der Waals surface area contributed by atoms with Gasteiger partial charge in [-0.3, -0.25) is 0 Å². The van der Waals surface area contributed by atoms with Gasteiger partial charge in [0.05, 0.1) is 5.56 Å². The standard InChI is InChI=1S/C13H9F3N2O2/c14-13(15,16)8-3-1-4-9(7-8)18-11-10(12(19)20)5-2-6-17-11/h1-7H,(H,17,18)(H,19,20)/i1+1,3+1,4+1,7+1,8+1,9+1. The molecule has 2 rings (SSSR count). The molecule has 2 N–H and O–H groups in total. The molecule has 0 radical (unpaired) electrons. The van der Waals surface area contributed by atoms with Gasteiger partial charge in [0.15, 0.2) is 0 Å². The van der Waals surface area contributed by atoms with Crippen LogP contribution < -0.4 is 5.32 Å². The number of aromatic carboxylic acids is 1. The van der Waals surface area contributed by atoms with Crippen LogP contribution in [0.15, 0.2) is 42.6 Å². The fraction of sp³-hybridized carbons (Fsp3) is 0.0769. The first-order chi connectivity index (χ1) is 9.38. The maximum absolute atomic E-state index is 12.6. The molecule has 0 saturated carbocycles. The van der Waals surface area contributed by atoms with Gasteiger partial charge in [0.2, 0.25) is 0 Å². The SMILES string of the molecule is O=C(O)c1cccnc1N[13c]1[13cH][13cH][13cH][13c](C(F)(F)F)[13cH]1. The van der Waals surface area contributed by atoms with E-state index in [1.165, 1.54) is 30.5 Å². The molecule has 2 aromatic rings. The molecule has 1 heterocycles. The molecular weight excluding hydrogens is 279 g/mol. The summed E-state index contributed by atoms with van der Waals surface area (Å²) < 4.78 is 37.7. The maximum Gasteiger partial charge on any atom is 0.416 e. The van der Waals surface area contributed by atoms with Crippen molar-refractivity contribution in [3.8, 4) is 0 Å². The van der Waals surface area contributed by atoms with E-state index in [9.17, 15) is 18.0 Å². The number of anilines is 2. The van der Waals surface area contributed by atoms with Crippen molar-refractivity contribution < 1.29 is 23.1 Å². The first-order valence-corrected chi connectivity index (χ1v) is 5.50. The number of benzene rings is 1. The highest BCUT2D eigenvalue weighted by atomic mass is 19.4. The number of aromatic nitrogens is 1. The number of hydrogen-bond donors (Lipinski definition) is 2. The average molecular weight is 288 g/mol. The Balaban J connectivity index is 2.34. The molecule has 0 aliphatic carbocycles. The first-order valence-electron chi connectivity index (χ1n) is 5.50. The topological polar surface area (TPSA) is 62.2 Å². The molecule has 0 saturated heterocycles. The Morgan fingerprint density at radius 1 is 1.20 bits per heavy atom. The van der Waals surface area contributed by atoms with Crippen LogP contribution >= 0.6 is 0 Å². The summed E-state index contributed by atoms with van der Waals surface area (Å²) in [6.45, 7) is 0. The van der Waals surface area contributed by atoms with E-state index < -0.39 is 17.7 Å². The number of hydrogen-bond acceptors (Lipinski definition) is 3. The lowest BCUT2D eigenvalue weighted by atomic mass is 10.2. The second kappa shape index (κ2) is 5.20. The van der Waals surface area contributed by atoms with Crippen LogP contribution in [0, 0.1) is 0 Å². The molecular formula is C13H9F3N2O2. The molecule has 104 valence electrons. The smallest absolute Gasteiger partial charge is 0.416 e. The Labute approximate surface area is 111 Å². The molecule has 0 spiro atoms. The highest BCUT2D eigenvalue weighted by molar-refractivity contribution is 5.93. The Kier molecular flexibility index (Phi) is 3.60. The van der Waals surface area contributed by atoms with Gasteiger partial charge in [0, 0.05) is 11.9 Å². The summed E-state index contributed by atoms with van der Waals surface area (Å²) in [5.41, 5.74) is -0.832. The summed E-state index contributed by atoms with van der Waals surface area (Å²) in [6, 6.07) is 7.19. The van der Waals surface area contributed by atoms with Gasteiger partial charge in [-0.25, -0.2) is 9.78 Å². The Hall–Kier alpha value is -2.57. The van der Waals surface area contributed by atoms with Gasteiger partial charge in [0.1, 0.15) is 11.4 Å². The van der Waals surface area contributed by atoms with Crippen LogP contribution in [0.2, 0.25) is 0 Å². The van der Waals surface area contributed by atoms with Gasteiger partial charge in [-0.1, -0.05) is 6.07 Å². The van der Waals surface area contributed by atoms with E-state index >= 15 is 0 Å². The third kappa shape index (κ3) is 3.05. The van der Waals surface area contributed by atoms with Crippen molar-refractivity contribution in [2.24, 2.45) is 0 Å². The number of carboxylic acids is 1. The molecule has 7 heteroatoms. The second-order valence-corrected chi connectivity index (χ2v) is 3.91. The Morgan fingerprint density at radius 3 is 2.60 bits per heavy atom. The molecule has 20 heavy (non-hydrogen) atoms. The molecule has 0 atom stereocenters. The van der Waals surface area contributed by atoms with E-state index in [-0.39, 0.29) is 17.1 Å². The summed E-state index contributed by atoms with van der Waals surface area (Å²) in [5, 5.41) is 11.5. The van der Waals surface area contributed by atoms with Crippen LogP contribution in [-0.2, 0) is 6.18 Å². The van der Waals surface area contributed by atoms with Crippen LogP contribution in [0.1, 0.15) is 15.9 Å². The molecule has 0 aliphatic rings. The lowest BCUT2D eigenvalue weighted by Gasteiger charge is -2.11. The quantitative estimate of drug-likeness (QED) is 0.906. The van der Waals surface area contributed by atoms with Crippen molar-refractivity contribution in [3.63, 3.8) is 0 Å². The predicted molar refractivity (Wildman–Crippen MR) is 65.9 cm³/mol. The Bertz CT molecular complexity index is 642. The number of carbonyl (C=O) groups is 1. The van der Waals surface area contributed by atoms with Gasteiger partial charge in [-0.05, 0) is 30.3 Å². The maximum atomic E-state index is 12.6. The van der Waals surface area contributed by atoms with Crippen LogP contribution in [-0.4, -0.2) is 16.1 Å². The minimum absolute atomic E-state index is 0.0145. The lowest BCUT2D eigenvalue weighted by Crippen LogP contribution is -2.07.